The number of benzene rings is 1. The van der Waals surface area contributed by atoms with E-state index in [9.17, 15) is 22.3 Å². The van der Waals surface area contributed by atoms with Gasteiger partial charge in [0.15, 0.2) is 0 Å². The molecule has 0 amide bonds. The number of hydrogen-bond donors (Lipinski definition) is 0. The number of rotatable bonds is 5. The molecule has 1 atom stereocenters. The zero-order valence-corrected chi connectivity index (χ0v) is 10.4. The second kappa shape index (κ2) is 6.55. The van der Waals surface area contributed by atoms with Crippen LogP contribution in [0.15, 0.2) is 12.1 Å². The van der Waals surface area contributed by atoms with Gasteiger partial charge >= 0.3 is 5.97 Å². The molecule has 7 heteroatoms. The van der Waals surface area contributed by atoms with E-state index in [0.717, 1.165) is 19.2 Å². The van der Waals surface area contributed by atoms with E-state index in [-0.39, 0.29) is 22.3 Å². The molecule has 0 spiro atoms. The predicted octanol–water partition coefficient (Wildman–Crippen LogP) is 1.79. The molecule has 0 aliphatic rings. The van der Waals surface area contributed by atoms with Crippen LogP contribution in [0.2, 0.25) is 0 Å². The van der Waals surface area contributed by atoms with Crippen LogP contribution in [0, 0.1) is 0 Å². The largest absolute Gasteiger partial charge is 0.772 e. The van der Waals surface area contributed by atoms with Crippen molar-refractivity contribution < 1.29 is 27.1 Å². The summed E-state index contributed by atoms with van der Waals surface area (Å²) in [5.41, 5.74) is 0.0792. The fourth-order valence-corrected chi connectivity index (χ4v) is 2.06. The first kappa shape index (κ1) is 14.7. The molecule has 0 aromatic heterocycles. The van der Waals surface area contributed by atoms with E-state index in [4.69, 9.17) is 0 Å². The van der Waals surface area contributed by atoms with Crippen molar-refractivity contribution in [2.75, 3.05) is 7.11 Å². The minimum atomic E-state index is -2.42. The summed E-state index contributed by atoms with van der Waals surface area (Å²) >= 11 is -2.42. The second-order valence-electron chi connectivity index (χ2n) is 3.48. The molecular weight excluding hydrogens is 266 g/mol. The van der Waals surface area contributed by atoms with Gasteiger partial charge in [-0.15, -0.1) is 0 Å². The molecule has 0 bridgehead atoms. The van der Waals surface area contributed by atoms with E-state index >= 15 is 0 Å². The third-order valence-electron chi connectivity index (χ3n) is 2.39. The molecule has 1 unspecified atom stereocenters. The lowest BCUT2D eigenvalue weighted by Gasteiger charge is -2.13. The van der Waals surface area contributed by atoms with E-state index in [1.807, 2.05) is 0 Å². The Balaban J connectivity index is 3.33. The summed E-state index contributed by atoms with van der Waals surface area (Å²) in [4.78, 5) is 11.4. The van der Waals surface area contributed by atoms with Gasteiger partial charge < -0.3 is 9.29 Å². The Bertz CT molecular complexity index is 476. The quantitative estimate of drug-likeness (QED) is 0.608. The van der Waals surface area contributed by atoms with Crippen LogP contribution >= 0.6 is 0 Å². The third kappa shape index (κ3) is 3.33. The molecule has 0 radical (unpaired) electrons. The minimum absolute atomic E-state index is 0.0186. The first-order valence-corrected chi connectivity index (χ1v) is 6.18. The average Bonchev–Trinajstić information content (AvgIpc) is 2.36. The highest BCUT2D eigenvalue weighted by Gasteiger charge is 2.16. The Kier molecular flexibility index (Phi) is 5.36. The molecule has 1 rings (SSSR count). The second-order valence-corrected chi connectivity index (χ2v) is 4.38. The molecule has 0 N–H and O–H groups in total. The Morgan fingerprint density at radius 2 is 1.89 bits per heavy atom. The van der Waals surface area contributed by atoms with Crippen LogP contribution in [0.25, 0.3) is 0 Å². The van der Waals surface area contributed by atoms with Gasteiger partial charge in [0.2, 0.25) is 0 Å². The van der Waals surface area contributed by atoms with Crippen molar-refractivity contribution in [1.82, 2.24) is 0 Å². The first-order valence-electron chi connectivity index (χ1n) is 4.94. The minimum Gasteiger partial charge on any atom is -0.772 e. The molecular formula is C11H11F2O4S-. The SMILES string of the molecule is COC(=O)c1cc(CS(=O)[O-])c(CF)cc1CF. The van der Waals surface area contributed by atoms with Crippen molar-refractivity contribution in [3.8, 4) is 0 Å². The van der Waals surface area contributed by atoms with Crippen LogP contribution in [0.3, 0.4) is 0 Å². The zero-order valence-electron chi connectivity index (χ0n) is 9.57. The molecule has 0 saturated heterocycles. The summed E-state index contributed by atoms with van der Waals surface area (Å²) in [6.45, 7) is -1.89. The molecule has 0 aliphatic carbocycles. The fraction of sp³-hybridized carbons (Fsp3) is 0.364. The van der Waals surface area contributed by atoms with E-state index in [1.165, 1.54) is 0 Å². The molecule has 0 saturated carbocycles. The molecule has 100 valence electrons. The summed E-state index contributed by atoms with van der Waals surface area (Å²) in [7, 11) is 1.12. The van der Waals surface area contributed by atoms with Gasteiger partial charge in [0.25, 0.3) is 0 Å². The topological polar surface area (TPSA) is 66.4 Å². The molecule has 0 fully saturated rings. The normalized spacial score (nSPS) is 12.2. The van der Waals surface area contributed by atoms with Crippen LogP contribution < -0.4 is 0 Å². The summed E-state index contributed by atoms with van der Waals surface area (Å²) in [5, 5.41) is 0. The summed E-state index contributed by atoms with van der Waals surface area (Å²) < 4.78 is 51.2. The van der Waals surface area contributed by atoms with Gasteiger partial charge in [-0.25, -0.2) is 13.6 Å². The van der Waals surface area contributed by atoms with Crippen molar-refractivity contribution in [3.63, 3.8) is 0 Å². The van der Waals surface area contributed by atoms with Crippen LogP contribution in [-0.4, -0.2) is 21.8 Å². The van der Waals surface area contributed by atoms with Gasteiger partial charge in [-0.3, -0.25) is 4.21 Å². The van der Waals surface area contributed by atoms with Crippen molar-refractivity contribution in [2.45, 2.75) is 19.1 Å². The molecule has 0 aliphatic heterocycles. The maximum atomic E-state index is 12.7. The molecule has 18 heavy (non-hydrogen) atoms. The van der Waals surface area contributed by atoms with Gasteiger partial charge in [0, 0.05) is 5.75 Å². The Labute approximate surface area is 105 Å². The number of halogens is 2. The van der Waals surface area contributed by atoms with Gasteiger partial charge in [0.05, 0.1) is 12.7 Å². The number of carbonyl (C=O) groups excluding carboxylic acids is 1. The Hall–Kier alpha value is -1.34. The van der Waals surface area contributed by atoms with Crippen molar-refractivity contribution in [3.05, 3.63) is 34.4 Å². The summed E-state index contributed by atoms with van der Waals surface area (Å²) in [6.07, 6.45) is 0. The monoisotopic (exact) mass is 277 g/mol. The smallest absolute Gasteiger partial charge is 0.338 e. The van der Waals surface area contributed by atoms with Crippen molar-refractivity contribution in [1.29, 1.82) is 0 Å². The van der Waals surface area contributed by atoms with E-state index in [2.05, 4.69) is 4.74 Å². The Morgan fingerprint density at radius 1 is 1.28 bits per heavy atom. The van der Waals surface area contributed by atoms with Crippen molar-refractivity contribution in [2.24, 2.45) is 0 Å². The molecule has 1 aromatic carbocycles. The van der Waals surface area contributed by atoms with Crippen molar-refractivity contribution >= 4 is 17.0 Å². The maximum absolute atomic E-state index is 12.7. The van der Waals surface area contributed by atoms with E-state index in [1.54, 1.807) is 0 Å². The molecule has 4 nitrogen and oxygen atoms in total. The van der Waals surface area contributed by atoms with Gasteiger partial charge in [0.1, 0.15) is 13.3 Å². The highest BCUT2D eigenvalue weighted by Crippen LogP contribution is 2.21. The Morgan fingerprint density at radius 3 is 2.33 bits per heavy atom. The van der Waals surface area contributed by atoms with Gasteiger partial charge in [-0.05, 0) is 28.8 Å². The average molecular weight is 277 g/mol. The first-order chi connectivity index (χ1) is 8.53. The maximum Gasteiger partial charge on any atom is 0.338 e. The number of carbonyl (C=O) groups is 1. The van der Waals surface area contributed by atoms with Crippen LogP contribution in [-0.2, 0) is 34.9 Å². The number of methoxy groups -OCH3 is 1. The van der Waals surface area contributed by atoms with Gasteiger partial charge in [-0.2, -0.15) is 0 Å². The lowest BCUT2D eigenvalue weighted by molar-refractivity contribution is 0.0598. The fourth-order valence-electron chi connectivity index (χ4n) is 1.54. The number of alkyl halides is 2. The third-order valence-corrected chi connectivity index (χ3v) is 2.94. The highest BCUT2D eigenvalue weighted by molar-refractivity contribution is 7.78. The number of ether oxygens (including phenoxy) is 1. The number of esters is 1. The van der Waals surface area contributed by atoms with Crippen LogP contribution in [0.5, 0.6) is 0 Å². The molecule has 0 heterocycles. The van der Waals surface area contributed by atoms with E-state index < -0.39 is 36.2 Å². The van der Waals surface area contributed by atoms with Gasteiger partial charge in [-0.1, -0.05) is 11.1 Å². The standard InChI is InChI=1S/C11H12F2O4S/c1-17-11(14)10-3-9(6-18(15)16)7(4-12)2-8(10)5-13/h2-3H,4-6H2,1H3,(H,15,16)/p-1. The van der Waals surface area contributed by atoms with Crippen LogP contribution in [0.1, 0.15) is 27.0 Å². The van der Waals surface area contributed by atoms with Crippen LogP contribution in [0.4, 0.5) is 8.78 Å². The highest BCUT2D eigenvalue weighted by atomic mass is 32.2. The number of hydrogen-bond acceptors (Lipinski definition) is 4. The summed E-state index contributed by atoms with van der Waals surface area (Å²) in [5.74, 6) is -1.22. The summed E-state index contributed by atoms with van der Waals surface area (Å²) in [6, 6.07) is 2.31. The predicted molar refractivity (Wildman–Crippen MR) is 60.0 cm³/mol. The lowest BCUT2D eigenvalue weighted by atomic mass is 10.00. The zero-order chi connectivity index (χ0) is 13.7. The lowest BCUT2D eigenvalue weighted by Crippen LogP contribution is -2.09. The van der Waals surface area contributed by atoms with E-state index in [0.29, 0.717) is 0 Å². The molecule has 1 aromatic rings.